The summed E-state index contributed by atoms with van der Waals surface area (Å²) in [4.78, 5) is 87.1. The number of nitrogens with one attached hydrogen (secondary N) is 5. The molecule has 7 atom stereocenters. The van der Waals surface area contributed by atoms with E-state index < -0.39 is 89.9 Å². The van der Waals surface area contributed by atoms with Crippen LogP contribution < -0.4 is 38.1 Å². The number of carbonyl (C=O) groups is 7. The van der Waals surface area contributed by atoms with E-state index in [9.17, 15) is 43.8 Å². The second kappa shape index (κ2) is 16.6. The molecule has 1 rings (SSSR count). The number of aliphatic hydroxyl groups excluding tert-OH is 1. The fourth-order valence-corrected chi connectivity index (χ4v) is 4.88. The van der Waals surface area contributed by atoms with Gasteiger partial charge in [-0.1, -0.05) is 6.92 Å². The van der Waals surface area contributed by atoms with Crippen molar-refractivity contribution in [3.63, 3.8) is 0 Å². The van der Waals surface area contributed by atoms with Crippen molar-refractivity contribution in [2.75, 3.05) is 12.4 Å². The minimum absolute atomic E-state index is 0.145. The predicted octanol–water partition coefficient (Wildman–Crippen LogP) is -3.96. The van der Waals surface area contributed by atoms with Crippen LogP contribution in [0.15, 0.2) is 0 Å². The van der Waals surface area contributed by atoms with Crippen molar-refractivity contribution in [2.24, 2.45) is 11.5 Å². The first-order valence-electron chi connectivity index (χ1n) is 12.7. The Morgan fingerprint density at radius 2 is 1.57 bits per heavy atom. The van der Waals surface area contributed by atoms with Gasteiger partial charge in [-0.05, 0) is 26.7 Å². The fraction of sp³-hybridized carbons (Fsp3) is 0.696. The molecule has 5 unspecified atom stereocenters. The number of carbonyl (C=O) groups excluding carboxylic acids is 6. The molecule has 1 heterocycles. The summed E-state index contributed by atoms with van der Waals surface area (Å²) in [7, 11) is 0. The molecule has 6 amide bonds. The van der Waals surface area contributed by atoms with Crippen LogP contribution in [0.25, 0.3) is 0 Å². The Balaban J connectivity index is 3.54. The average Bonchev–Trinajstić information content (AvgIpc) is 2.87. The predicted molar refractivity (Wildman–Crippen MR) is 143 cm³/mol. The molecule has 17 heteroatoms. The number of rotatable bonds is 10. The van der Waals surface area contributed by atoms with Crippen molar-refractivity contribution in [1.82, 2.24) is 26.6 Å². The Morgan fingerprint density at radius 1 is 0.975 bits per heavy atom. The quantitative estimate of drug-likeness (QED) is 0.119. The van der Waals surface area contributed by atoms with E-state index in [2.05, 4.69) is 26.6 Å². The van der Waals surface area contributed by atoms with E-state index in [-0.39, 0.29) is 24.6 Å². The lowest BCUT2D eigenvalue weighted by atomic mass is 10.1. The van der Waals surface area contributed by atoms with Crippen LogP contribution in [0.3, 0.4) is 0 Å². The van der Waals surface area contributed by atoms with Crippen molar-refractivity contribution >= 4 is 53.2 Å². The SMILES string of the molecule is CCC(C)NC1CSC(C(=O)O)C(CCC(N)=O)NC(=O)[C@H](CC(N)=O)NC(=O)[C@H](C)NC(=O)C(CO)NC1=O. The topological polar surface area (TPSA) is 272 Å². The van der Waals surface area contributed by atoms with Gasteiger partial charge in [0.1, 0.15) is 23.4 Å². The van der Waals surface area contributed by atoms with Crippen LogP contribution >= 0.6 is 11.8 Å². The van der Waals surface area contributed by atoms with E-state index in [1.807, 2.05) is 6.92 Å². The molecular weight excluding hydrogens is 550 g/mol. The van der Waals surface area contributed by atoms with Gasteiger partial charge in [-0.15, -0.1) is 11.8 Å². The summed E-state index contributed by atoms with van der Waals surface area (Å²) in [6.07, 6.45) is -0.539. The lowest BCUT2D eigenvalue weighted by molar-refractivity contribution is -0.138. The van der Waals surface area contributed by atoms with Crippen LogP contribution in [0.1, 0.15) is 46.5 Å². The summed E-state index contributed by atoms with van der Waals surface area (Å²) in [5.41, 5.74) is 10.5. The summed E-state index contributed by atoms with van der Waals surface area (Å²) >= 11 is 0.786. The first-order valence-corrected chi connectivity index (χ1v) is 13.7. The third-order valence-corrected chi connectivity index (χ3v) is 7.52. The molecule has 0 aromatic carbocycles. The monoisotopic (exact) mass is 589 g/mol. The number of thioether (sulfide) groups is 1. The minimum atomic E-state index is -1.54. The van der Waals surface area contributed by atoms with E-state index in [1.54, 1.807) is 6.92 Å². The number of hydrogen-bond acceptors (Lipinski definition) is 10. The summed E-state index contributed by atoms with van der Waals surface area (Å²) in [5, 5.41) is 30.9. The molecule has 0 aromatic heterocycles. The van der Waals surface area contributed by atoms with Crippen LogP contribution in [0.2, 0.25) is 0 Å². The second-order valence-corrected chi connectivity index (χ2v) is 10.6. The summed E-state index contributed by atoms with van der Waals surface area (Å²) in [5.74, 6) is -6.70. The summed E-state index contributed by atoms with van der Waals surface area (Å²) in [6.45, 7) is 4.10. The molecule has 1 aliphatic heterocycles. The lowest BCUT2D eigenvalue weighted by Crippen LogP contribution is -2.60. The Labute approximate surface area is 235 Å². The Kier molecular flexibility index (Phi) is 14.4. The first kappa shape index (κ1) is 34.6. The van der Waals surface area contributed by atoms with Crippen LogP contribution in [0.4, 0.5) is 0 Å². The van der Waals surface area contributed by atoms with Gasteiger partial charge in [0.05, 0.1) is 25.1 Å². The molecule has 226 valence electrons. The molecule has 0 spiro atoms. The highest BCUT2D eigenvalue weighted by Crippen LogP contribution is 2.21. The molecule has 11 N–H and O–H groups in total. The zero-order valence-electron chi connectivity index (χ0n) is 22.6. The van der Waals surface area contributed by atoms with Gasteiger partial charge in [-0.3, -0.25) is 33.6 Å². The maximum Gasteiger partial charge on any atom is 0.318 e. The highest BCUT2D eigenvalue weighted by molar-refractivity contribution is 8.00. The summed E-state index contributed by atoms with van der Waals surface area (Å²) < 4.78 is 0. The van der Waals surface area contributed by atoms with Crippen molar-refractivity contribution < 1.29 is 43.8 Å². The Morgan fingerprint density at radius 3 is 2.10 bits per heavy atom. The highest BCUT2D eigenvalue weighted by atomic mass is 32.2. The number of nitrogens with two attached hydrogens (primary N) is 2. The molecule has 0 bridgehead atoms. The Hall–Kier alpha value is -3.44. The summed E-state index contributed by atoms with van der Waals surface area (Å²) in [6, 6.07) is -6.72. The third-order valence-electron chi connectivity index (χ3n) is 6.10. The number of carboxylic acids is 1. The number of hydrogen-bond donors (Lipinski definition) is 9. The molecule has 0 aliphatic carbocycles. The van der Waals surface area contributed by atoms with Gasteiger partial charge in [0.2, 0.25) is 35.4 Å². The lowest BCUT2D eigenvalue weighted by Gasteiger charge is -2.30. The maximum atomic E-state index is 13.1. The van der Waals surface area contributed by atoms with E-state index >= 15 is 0 Å². The van der Waals surface area contributed by atoms with Gasteiger partial charge in [-0.25, -0.2) is 0 Å². The zero-order valence-corrected chi connectivity index (χ0v) is 23.4. The second-order valence-electron chi connectivity index (χ2n) is 9.45. The first-order chi connectivity index (χ1) is 18.7. The van der Waals surface area contributed by atoms with Gasteiger partial charge in [-0.2, -0.15) is 0 Å². The van der Waals surface area contributed by atoms with Crippen LogP contribution in [0, 0.1) is 0 Å². The molecule has 0 saturated carbocycles. The molecular formula is C23H39N7O9S. The van der Waals surface area contributed by atoms with Crippen molar-refractivity contribution in [3.05, 3.63) is 0 Å². The average molecular weight is 590 g/mol. The fourth-order valence-electron chi connectivity index (χ4n) is 3.65. The van der Waals surface area contributed by atoms with Crippen molar-refractivity contribution in [1.29, 1.82) is 0 Å². The van der Waals surface area contributed by atoms with Gasteiger partial charge < -0.3 is 48.3 Å². The highest BCUT2D eigenvalue weighted by Gasteiger charge is 2.36. The molecule has 16 nitrogen and oxygen atoms in total. The third kappa shape index (κ3) is 11.4. The number of amides is 6. The number of aliphatic hydroxyl groups is 1. The molecule has 0 aromatic rings. The van der Waals surface area contributed by atoms with Gasteiger partial charge in [0.25, 0.3) is 0 Å². The van der Waals surface area contributed by atoms with E-state index in [4.69, 9.17) is 11.5 Å². The van der Waals surface area contributed by atoms with Crippen molar-refractivity contribution in [2.45, 2.75) is 88.0 Å². The molecule has 1 saturated heterocycles. The molecule has 40 heavy (non-hydrogen) atoms. The normalized spacial score (nSPS) is 27.9. The van der Waals surface area contributed by atoms with E-state index in [1.165, 1.54) is 6.92 Å². The van der Waals surface area contributed by atoms with Crippen LogP contribution in [0.5, 0.6) is 0 Å². The van der Waals surface area contributed by atoms with E-state index in [0.717, 1.165) is 11.8 Å². The molecule has 1 aliphatic rings. The van der Waals surface area contributed by atoms with Crippen molar-refractivity contribution in [3.8, 4) is 0 Å². The van der Waals surface area contributed by atoms with Gasteiger partial charge in [0, 0.05) is 18.2 Å². The smallest absolute Gasteiger partial charge is 0.318 e. The van der Waals surface area contributed by atoms with E-state index in [0.29, 0.717) is 6.42 Å². The van der Waals surface area contributed by atoms with Gasteiger partial charge in [0.15, 0.2) is 0 Å². The number of carboxylic acid groups (broad SMARTS) is 1. The largest absolute Gasteiger partial charge is 0.480 e. The zero-order chi connectivity index (χ0) is 30.6. The minimum Gasteiger partial charge on any atom is -0.480 e. The number of primary amides is 2. The molecule has 0 radical (unpaired) electrons. The van der Waals surface area contributed by atoms with Gasteiger partial charge >= 0.3 is 5.97 Å². The van der Waals surface area contributed by atoms with Crippen LogP contribution in [-0.2, 0) is 33.6 Å². The molecule has 1 fully saturated rings. The van der Waals surface area contributed by atoms with Crippen LogP contribution in [-0.4, -0.2) is 105 Å². The Bertz CT molecular complexity index is 967. The number of aliphatic carboxylic acids is 1. The maximum absolute atomic E-state index is 13.1. The standard InChI is InChI=1S/C23H39N7O9S/c1-4-10(2)26-15-9-40-18(23(38)39)12(5-6-16(24)32)28-20(35)13(7-17(25)33)29-19(34)11(3)27-21(36)14(8-31)30-22(15)37/h10-15,18,26,31H,4-9H2,1-3H3,(H2,24,32)(H2,25,33)(H,27,36)(H,28,35)(H,29,34)(H,30,37)(H,38,39)/t10?,11-,12?,13-,14?,15?,18?/m0/s1.